The molecule has 0 amide bonds. The van der Waals surface area contributed by atoms with Gasteiger partial charge in [0, 0.05) is 55.9 Å². The van der Waals surface area contributed by atoms with Crippen molar-refractivity contribution in [2.45, 2.75) is 172 Å². The Morgan fingerprint density at radius 1 is 0.893 bits per heavy atom. The smallest absolute Gasteiger partial charge is 0.306 e. The van der Waals surface area contributed by atoms with E-state index in [-0.39, 0.29) is 96.8 Å². The molecule has 3 saturated heterocycles. The fraction of sp³-hybridized carbons (Fsp3) is 0.837. The average Bonchev–Trinajstić information content (AvgIpc) is 3.87. The number of hydrogen-bond donors (Lipinski definition) is 0. The van der Waals surface area contributed by atoms with E-state index >= 15 is 0 Å². The van der Waals surface area contributed by atoms with Crippen molar-refractivity contribution < 1.29 is 47.5 Å². The molecule has 1 saturated carbocycles. The Labute approximate surface area is 337 Å². The predicted molar refractivity (Wildman–Crippen MR) is 210 cm³/mol. The number of thiazole rings is 1. The molecule has 0 radical (unpaired) electrons. The molecule has 7 rings (SSSR count). The summed E-state index contributed by atoms with van der Waals surface area (Å²) in [6.07, 6.45) is 5.73. The van der Waals surface area contributed by atoms with Crippen molar-refractivity contribution in [3.05, 3.63) is 27.2 Å². The highest BCUT2D eigenvalue weighted by Gasteiger charge is 2.57. The molecule has 4 unspecified atom stereocenters. The third-order valence-corrected chi connectivity index (χ3v) is 15.1. The van der Waals surface area contributed by atoms with Crippen LogP contribution < -0.4 is 0 Å². The van der Waals surface area contributed by atoms with Crippen LogP contribution in [0, 0.1) is 30.6 Å². The number of aromatic nitrogens is 1. The van der Waals surface area contributed by atoms with E-state index < -0.39 is 18.3 Å². The first-order valence-electron chi connectivity index (χ1n) is 21.2. The maximum atomic E-state index is 15.0. The maximum absolute atomic E-state index is 15.0. The number of methoxy groups -OCH3 is 3. The van der Waals surface area contributed by atoms with Crippen LogP contribution >= 0.6 is 11.3 Å². The van der Waals surface area contributed by atoms with E-state index in [0.29, 0.717) is 12.5 Å². The van der Waals surface area contributed by atoms with Crippen LogP contribution in [0.3, 0.4) is 0 Å². The number of esters is 1. The van der Waals surface area contributed by atoms with E-state index in [0.717, 1.165) is 61.2 Å². The second kappa shape index (κ2) is 17.8. The lowest BCUT2D eigenvalue weighted by Gasteiger charge is -2.44. The van der Waals surface area contributed by atoms with Gasteiger partial charge >= 0.3 is 5.97 Å². The van der Waals surface area contributed by atoms with Gasteiger partial charge in [0.05, 0.1) is 41.5 Å². The highest BCUT2D eigenvalue weighted by Crippen LogP contribution is 2.62. The van der Waals surface area contributed by atoms with E-state index in [9.17, 15) is 9.59 Å². The Morgan fingerprint density at radius 3 is 2.32 bits per heavy atom. The number of ether oxygens (including phenoxy) is 8. The lowest BCUT2D eigenvalue weighted by Crippen LogP contribution is -2.59. The van der Waals surface area contributed by atoms with Crippen molar-refractivity contribution in [3.8, 4) is 0 Å². The van der Waals surface area contributed by atoms with Crippen LogP contribution in [0.4, 0.5) is 0 Å². The normalized spacial score (nSPS) is 43.2. The van der Waals surface area contributed by atoms with Crippen LogP contribution in [0.5, 0.6) is 0 Å². The summed E-state index contributed by atoms with van der Waals surface area (Å²) in [5.41, 5.74) is 1.85. The second-order valence-corrected chi connectivity index (χ2v) is 18.7. The van der Waals surface area contributed by atoms with E-state index in [1.807, 2.05) is 13.8 Å². The van der Waals surface area contributed by atoms with E-state index in [4.69, 9.17) is 42.9 Å². The lowest BCUT2D eigenvalue weighted by molar-refractivity contribution is -0.314. The molecule has 1 aromatic rings. The van der Waals surface area contributed by atoms with Gasteiger partial charge in [-0.1, -0.05) is 19.9 Å². The van der Waals surface area contributed by atoms with Crippen molar-refractivity contribution in [2.75, 3.05) is 35.4 Å². The molecule has 17 atom stereocenters. The molecular formula is C43H66N2O10S. The van der Waals surface area contributed by atoms with Crippen LogP contribution in [0.15, 0.2) is 11.6 Å². The standard InChI is InChI=1S/C43H66N2O10S/c1-11-25-13-12-14-33(55-35-16-15-32(45(6)7)22(3)51-35)21(2)38(47)31-19-28-27-17-26(54-43-41(50-10)40(49-9)39(48-8)23(4)52-43)18-30(27)37-42(56-24(5)44-37)36(28)29(31)20-34(46)53-25/h19,21-23,25-30,32-33,35-36,39-41,43H,11-18,20H2,1-10H3/t21-,22?,23?,25+,26+,27+,28+,29-,30-,32+,33+,35+,36-,39+,40?,41?,43+/m1/s1. The molecule has 4 fully saturated rings. The SMILES string of the molecule is CC[C@H]1CCC[C@H](O[C@H]2CC[C@H](N(C)C)C(C)O2)[C@@H](C)C(=O)C2=C[C@H]3[C@@H]4C[C@H](O[C@@H]5OC(C)[C@H](OC)C(OC)C5OC)C[C@H]4c4nc(C)sc4[C@H]3[C@@H]2CC(=O)O1. The predicted octanol–water partition coefficient (Wildman–Crippen LogP) is 6.33. The molecule has 6 aliphatic rings. The number of allylic oxidation sites excluding steroid dienone is 2. The highest BCUT2D eigenvalue weighted by atomic mass is 32.1. The number of Topliss-reactive ketones (excluding diaryl/α,β-unsaturated/α-hetero) is 1. The van der Waals surface area contributed by atoms with Crippen LogP contribution in [0.2, 0.25) is 0 Å². The van der Waals surface area contributed by atoms with Gasteiger partial charge in [-0.15, -0.1) is 11.3 Å². The molecule has 0 spiro atoms. The van der Waals surface area contributed by atoms with Gasteiger partial charge < -0.3 is 42.8 Å². The van der Waals surface area contributed by atoms with Crippen LogP contribution in [0.25, 0.3) is 0 Å². The molecule has 3 aliphatic heterocycles. The first-order valence-corrected chi connectivity index (χ1v) is 22.0. The summed E-state index contributed by atoms with van der Waals surface area (Å²) in [5, 5.41) is 0.998. The number of likely N-dealkylation sites (N-methyl/N-ethyl adjacent to an activating group) is 1. The van der Waals surface area contributed by atoms with E-state index in [1.54, 1.807) is 32.7 Å². The summed E-state index contributed by atoms with van der Waals surface area (Å²) in [6, 6.07) is 0.327. The zero-order chi connectivity index (χ0) is 40.0. The number of nitrogens with zero attached hydrogens (tertiary/aromatic N) is 2. The molecule has 1 aromatic heterocycles. The van der Waals surface area contributed by atoms with Gasteiger partial charge in [0.25, 0.3) is 0 Å². The Kier molecular flexibility index (Phi) is 13.5. The maximum Gasteiger partial charge on any atom is 0.306 e. The lowest BCUT2D eigenvalue weighted by atomic mass is 9.67. The first kappa shape index (κ1) is 42.3. The topological polar surface area (TPSA) is 124 Å². The average molecular weight is 803 g/mol. The van der Waals surface area contributed by atoms with Gasteiger partial charge in [-0.05, 0) is 104 Å². The third-order valence-electron chi connectivity index (χ3n) is 14.0. The molecule has 13 heteroatoms. The number of aryl methyl sites for hydroxylation is 1. The van der Waals surface area contributed by atoms with Crippen molar-refractivity contribution in [2.24, 2.45) is 23.7 Å². The summed E-state index contributed by atoms with van der Waals surface area (Å²) in [4.78, 5) is 37.4. The Bertz CT molecular complexity index is 1570. The third kappa shape index (κ3) is 8.19. The molecule has 0 bridgehead atoms. The number of hydrogen-bond acceptors (Lipinski definition) is 13. The molecule has 0 N–H and O–H groups in total. The number of carbonyl (C=O) groups excluding carboxylic acids is 2. The zero-order valence-electron chi connectivity index (χ0n) is 35.1. The summed E-state index contributed by atoms with van der Waals surface area (Å²) in [6.45, 7) is 10.2. The summed E-state index contributed by atoms with van der Waals surface area (Å²) in [5.74, 6) is -0.515. The molecule has 314 valence electrons. The fourth-order valence-corrected chi connectivity index (χ4v) is 12.4. The molecule has 0 aromatic carbocycles. The van der Waals surface area contributed by atoms with E-state index in [2.05, 4.69) is 45.8 Å². The molecule has 4 heterocycles. The van der Waals surface area contributed by atoms with Crippen LogP contribution in [-0.4, -0.2) is 125 Å². The summed E-state index contributed by atoms with van der Waals surface area (Å²) >= 11 is 1.71. The largest absolute Gasteiger partial charge is 0.462 e. The quantitative estimate of drug-likeness (QED) is 0.259. The van der Waals surface area contributed by atoms with Crippen molar-refractivity contribution >= 4 is 23.1 Å². The summed E-state index contributed by atoms with van der Waals surface area (Å²) in [7, 11) is 9.16. The minimum Gasteiger partial charge on any atom is -0.462 e. The number of rotatable bonds is 9. The highest BCUT2D eigenvalue weighted by molar-refractivity contribution is 7.11. The van der Waals surface area contributed by atoms with Crippen molar-refractivity contribution in [1.82, 2.24) is 9.88 Å². The first-order chi connectivity index (χ1) is 26.9. The molecule has 3 aliphatic carbocycles. The molecular weight excluding hydrogens is 737 g/mol. The fourth-order valence-electron chi connectivity index (χ4n) is 11.2. The minimum atomic E-state index is -0.633. The second-order valence-electron chi connectivity index (χ2n) is 17.5. The molecule has 12 nitrogen and oxygen atoms in total. The monoisotopic (exact) mass is 802 g/mol. The zero-order valence-corrected chi connectivity index (χ0v) is 36.0. The van der Waals surface area contributed by atoms with E-state index in [1.165, 1.54) is 4.88 Å². The van der Waals surface area contributed by atoms with Crippen molar-refractivity contribution in [3.63, 3.8) is 0 Å². The number of carbonyl (C=O) groups is 2. The van der Waals surface area contributed by atoms with Gasteiger partial charge in [0.1, 0.15) is 24.4 Å². The Morgan fingerprint density at radius 2 is 1.64 bits per heavy atom. The van der Waals surface area contributed by atoms with Gasteiger partial charge in [-0.25, -0.2) is 4.98 Å². The number of fused-ring (bicyclic) bond motifs is 8. The minimum absolute atomic E-state index is 0.0243. The Balaban J connectivity index is 1.18. The van der Waals surface area contributed by atoms with Gasteiger partial charge in [-0.2, -0.15) is 0 Å². The van der Waals surface area contributed by atoms with Crippen LogP contribution in [-0.2, 0) is 47.5 Å². The van der Waals surface area contributed by atoms with Gasteiger partial charge in [0.15, 0.2) is 18.4 Å². The van der Waals surface area contributed by atoms with Gasteiger partial charge in [0.2, 0.25) is 0 Å². The Hall–Kier alpha value is -1.81. The number of ketones is 1. The number of cyclic esters (lactones) is 1. The van der Waals surface area contributed by atoms with Crippen molar-refractivity contribution in [1.29, 1.82) is 0 Å². The van der Waals surface area contributed by atoms with Gasteiger partial charge in [-0.3, -0.25) is 9.59 Å². The van der Waals surface area contributed by atoms with Crippen LogP contribution in [0.1, 0.15) is 113 Å². The summed E-state index contributed by atoms with van der Waals surface area (Å²) < 4.78 is 50.1. The molecule has 56 heavy (non-hydrogen) atoms.